The van der Waals surface area contributed by atoms with Gasteiger partial charge in [-0.05, 0) is 42.2 Å². The predicted molar refractivity (Wildman–Crippen MR) is 155 cm³/mol. The standard InChI is InChI=1S/C31H36N2O7S/c34-20-22-13-15-23(16-14-22)27-19-26(21-41-29-11-5-6-17-33(29)38)39-31(40-27)24-8-7-9-25(18-24)32-28(35)10-3-1-2-4-12-30(36)37/h5-9,11,13-18,26-27,31,34H,1-4,10,12,19-21H2,(H,32,35)(H,36,37)/t26-,27+,31+/m0/s1. The summed E-state index contributed by atoms with van der Waals surface area (Å²) in [4.78, 5) is 23.1. The van der Waals surface area contributed by atoms with Crippen molar-refractivity contribution in [2.24, 2.45) is 0 Å². The molecule has 1 aliphatic rings. The van der Waals surface area contributed by atoms with Crippen LogP contribution in [-0.4, -0.2) is 33.9 Å². The first-order valence-electron chi connectivity index (χ1n) is 13.8. The number of nitrogens with one attached hydrogen (secondary N) is 1. The van der Waals surface area contributed by atoms with Crippen molar-refractivity contribution in [2.45, 2.75) is 75.1 Å². The van der Waals surface area contributed by atoms with Gasteiger partial charge in [-0.1, -0.05) is 61.0 Å². The van der Waals surface area contributed by atoms with Crippen LogP contribution in [0, 0.1) is 5.21 Å². The summed E-state index contributed by atoms with van der Waals surface area (Å²) in [5.41, 5.74) is 3.19. The number of aliphatic carboxylic acids is 1. The molecule has 3 N–H and O–H groups in total. The summed E-state index contributed by atoms with van der Waals surface area (Å²) in [6.07, 6.45) is 4.34. The highest BCUT2D eigenvalue weighted by Gasteiger charge is 2.33. The number of amides is 1. The second kappa shape index (κ2) is 15.5. The number of carbonyl (C=O) groups is 2. The zero-order valence-electron chi connectivity index (χ0n) is 22.8. The Kier molecular flexibility index (Phi) is 11.6. The summed E-state index contributed by atoms with van der Waals surface area (Å²) < 4.78 is 13.6. The van der Waals surface area contributed by atoms with Crippen molar-refractivity contribution >= 4 is 29.3 Å². The summed E-state index contributed by atoms with van der Waals surface area (Å²) >= 11 is 1.43. The molecule has 10 heteroatoms. The van der Waals surface area contributed by atoms with E-state index in [9.17, 15) is 19.9 Å². The van der Waals surface area contributed by atoms with Gasteiger partial charge in [0.25, 0.3) is 5.03 Å². The Labute approximate surface area is 244 Å². The zero-order chi connectivity index (χ0) is 29.0. The van der Waals surface area contributed by atoms with Gasteiger partial charge < -0.3 is 30.2 Å². The molecular weight excluding hydrogens is 544 g/mol. The number of nitrogens with zero attached hydrogens (tertiary/aromatic N) is 1. The number of aromatic nitrogens is 1. The number of anilines is 1. The molecule has 2 heterocycles. The third kappa shape index (κ3) is 9.57. The number of rotatable bonds is 14. The number of pyridine rings is 1. The van der Waals surface area contributed by atoms with E-state index in [1.54, 1.807) is 12.1 Å². The fourth-order valence-corrected chi connectivity index (χ4v) is 5.56. The maximum atomic E-state index is 12.5. The minimum Gasteiger partial charge on any atom is -0.618 e. The van der Waals surface area contributed by atoms with Crippen LogP contribution in [0.25, 0.3) is 0 Å². The molecule has 9 nitrogen and oxygen atoms in total. The molecule has 1 aliphatic heterocycles. The van der Waals surface area contributed by atoms with Gasteiger partial charge in [0.05, 0.1) is 18.8 Å². The molecule has 0 radical (unpaired) electrons. The molecule has 3 aromatic rings. The van der Waals surface area contributed by atoms with Crippen molar-refractivity contribution in [3.63, 3.8) is 0 Å². The van der Waals surface area contributed by atoms with Gasteiger partial charge in [-0.15, -0.1) is 0 Å². The maximum Gasteiger partial charge on any atom is 0.303 e. The smallest absolute Gasteiger partial charge is 0.303 e. The van der Waals surface area contributed by atoms with E-state index in [-0.39, 0.29) is 31.1 Å². The largest absolute Gasteiger partial charge is 0.618 e. The summed E-state index contributed by atoms with van der Waals surface area (Å²) in [5.74, 6) is -0.340. The van der Waals surface area contributed by atoms with Crippen LogP contribution in [0.4, 0.5) is 5.69 Å². The van der Waals surface area contributed by atoms with Crippen molar-refractivity contribution in [3.8, 4) is 0 Å². The number of carbonyl (C=O) groups excluding carboxylic acids is 1. The van der Waals surface area contributed by atoms with Crippen LogP contribution < -0.4 is 10.0 Å². The number of ether oxygens (including phenoxy) is 2. The number of hydrogen-bond donors (Lipinski definition) is 3. The Balaban J connectivity index is 1.41. The first-order valence-corrected chi connectivity index (χ1v) is 14.8. The van der Waals surface area contributed by atoms with E-state index in [0.717, 1.165) is 34.3 Å². The van der Waals surface area contributed by atoms with Crippen LogP contribution >= 0.6 is 11.8 Å². The average Bonchev–Trinajstić information content (AvgIpc) is 2.98. The molecule has 1 amide bonds. The van der Waals surface area contributed by atoms with Crippen molar-refractivity contribution in [3.05, 3.63) is 94.8 Å². The lowest BCUT2D eigenvalue weighted by atomic mass is 10.0. The van der Waals surface area contributed by atoms with E-state index in [0.29, 0.717) is 42.1 Å². The molecule has 0 unspecified atom stereocenters. The Morgan fingerprint density at radius 2 is 1.73 bits per heavy atom. The molecule has 2 aromatic carbocycles. The molecule has 4 rings (SSSR count). The lowest BCUT2D eigenvalue weighted by molar-refractivity contribution is -0.645. The average molecular weight is 581 g/mol. The molecule has 1 aromatic heterocycles. The van der Waals surface area contributed by atoms with Crippen LogP contribution in [0.3, 0.4) is 0 Å². The number of unbranched alkanes of at least 4 members (excludes halogenated alkanes) is 3. The molecule has 0 spiro atoms. The van der Waals surface area contributed by atoms with E-state index in [4.69, 9.17) is 14.6 Å². The van der Waals surface area contributed by atoms with Gasteiger partial charge in [0, 0.05) is 48.4 Å². The molecule has 41 heavy (non-hydrogen) atoms. The number of aliphatic hydroxyl groups is 1. The molecule has 1 fully saturated rings. The van der Waals surface area contributed by atoms with Crippen molar-refractivity contribution in [1.29, 1.82) is 0 Å². The predicted octanol–water partition coefficient (Wildman–Crippen LogP) is 5.51. The number of aliphatic hydroxyl groups excluding tert-OH is 1. The zero-order valence-corrected chi connectivity index (χ0v) is 23.6. The topological polar surface area (TPSA) is 132 Å². The van der Waals surface area contributed by atoms with E-state index in [1.807, 2.05) is 54.6 Å². The Morgan fingerprint density at radius 1 is 0.951 bits per heavy atom. The highest BCUT2D eigenvalue weighted by Crippen LogP contribution is 2.39. The quantitative estimate of drug-likeness (QED) is 0.0984. The third-order valence-electron chi connectivity index (χ3n) is 6.81. The van der Waals surface area contributed by atoms with Crippen LogP contribution in [-0.2, 0) is 25.7 Å². The first-order chi connectivity index (χ1) is 19.9. The highest BCUT2D eigenvalue weighted by atomic mass is 32.2. The Morgan fingerprint density at radius 3 is 2.46 bits per heavy atom. The number of benzene rings is 2. The van der Waals surface area contributed by atoms with E-state index in [1.165, 1.54) is 18.0 Å². The van der Waals surface area contributed by atoms with Crippen molar-refractivity contribution < 1.29 is 34.0 Å². The molecule has 0 aliphatic carbocycles. The van der Waals surface area contributed by atoms with Crippen LogP contribution in [0.5, 0.6) is 0 Å². The number of thioether (sulfide) groups is 1. The van der Waals surface area contributed by atoms with Crippen LogP contribution in [0.1, 0.15) is 74.0 Å². The van der Waals surface area contributed by atoms with Gasteiger partial charge in [-0.2, -0.15) is 4.73 Å². The Hall–Kier alpha value is -3.44. The van der Waals surface area contributed by atoms with Gasteiger partial charge >= 0.3 is 5.97 Å². The second-order valence-corrected chi connectivity index (χ2v) is 11.0. The number of carboxylic acids is 1. The third-order valence-corrected chi connectivity index (χ3v) is 7.96. The van der Waals surface area contributed by atoms with E-state index in [2.05, 4.69) is 5.32 Å². The van der Waals surface area contributed by atoms with Crippen LogP contribution in [0.2, 0.25) is 0 Å². The van der Waals surface area contributed by atoms with Crippen molar-refractivity contribution in [1.82, 2.24) is 0 Å². The Bertz CT molecular complexity index is 1290. The van der Waals surface area contributed by atoms with Gasteiger partial charge in [-0.25, -0.2) is 0 Å². The lowest BCUT2D eigenvalue weighted by Crippen LogP contribution is -2.32. The van der Waals surface area contributed by atoms with Gasteiger partial charge in [-0.3, -0.25) is 9.59 Å². The SMILES string of the molecule is O=C(O)CCCCCCC(=O)Nc1cccc([C@@H]2O[C@H](CSc3cccc[n+]3[O-])C[C@H](c3ccc(CO)cc3)O2)c1. The maximum absolute atomic E-state index is 12.5. The minimum atomic E-state index is -0.795. The van der Waals surface area contributed by atoms with Crippen molar-refractivity contribution in [2.75, 3.05) is 11.1 Å². The first kappa shape index (κ1) is 30.5. The fourth-order valence-electron chi connectivity index (χ4n) is 4.63. The lowest BCUT2D eigenvalue weighted by Gasteiger charge is -2.36. The monoisotopic (exact) mass is 580 g/mol. The van der Waals surface area contributed by atoms with Crippen LogP contribution in [0.15, 0.2) is 78.0 Å². The molecule has 0 saturated carbocycles. The second-order valence-electron chi connectivity index (χ2n) is 10.0. The summed E-state index contributed by atoms with van der Waals surface area (Å²) in [5, 5.41) is 33.8. The van der Waals surface area contributed by atoms with Gasteiger partial charge in [0.1, 0.15) is 0 Å². The fraction of sp³-hybridized carbons (Fsp3) is 0.387. The number of carboxylic acid groups (broad SMARTS) is 1. The number of hydrogen-bond acceptors (Lipinski definition) is 7. The molecule has 0 bridgehead atoms. The summed E-state index contributed by atoms with van der Waals surface area (Å²) in [6.45, 7) is -0.0354. The normalized spacial score (nSPS) is 18.6. The minimum absolute atomic E-state index is 0.0354. The van der Waals surface area contributed by atoms with E-state index >= 15 is 0 Å². The molecular formula is C31H36N2O7S. The summed E-state index contributed by atoms with van der Waals surface area (Å²) in [6, 6.07) is 20.4. The van der Waals surface area contributed by atoms with E-state index < -0.39 is 12.3 Å². The molecule has 3 atom stereocenters. The van der Waals surface area contributed by atoms with Gasteiger partial charge in [0.2, 0.25) is 5.91 Å². The molecule has 218 valence electrons. The molecule has 1 saturated heterocycles. The van der Waals surface area contributed by atoms with Gasteiger partial charge in [0.15, 0.2) is 12.5 Å². The summed E-state index contributed by atoms with van der Waals surface area (Å²) in [7, 11) is 0. The highest BCUT2D eigenvalue weighted by molar-refractivity contribution is 7.99.